The Balaban J connectivity index is 1.46. The number of fused-ring (bicyclic) bond motifs is 2. The summed E-state index contributed by atoms with van der Waals surface area (Å²) in [7, 11) is -5.78. The first-order valence-corrected chi connectivity index (χ1v) is 12.9. The van der Waals surface area contributed by atoms with Crippen LogP contribution in [0.3, 0.4) is 0 Å². The Bertz CT molecular complexity index is 1650. The van der Waals surface area contributed by atoms with Crippen LogP contribution < -0.4 is 15.2 Å². The number of alkyl halides is 3. The van der Waals surface area contributed by atoms with Gasteiger partial charge in [0, 0.05) is 17.5 Å². The van der Waals surface area contributed by atoms with Gasteiger partial charge in [0.25, 0.3) is 5.95 Å². The molecule has 0 spiro atoms. The van der Waals surface area contributed by atoms with Crippen LogP contribution in [0.5, 0.6) is 5.75 Å². The minimum atomic E-state index is -5.78. The van der Waals surface area contributed by atoms with Crippen LogP contribution in [-0.2, 0) is 29.5 Å². The lowest BCUT2D eigenvalue weighted by Gasteiger charge is -2.20. The van der Waals surface area contributed by atoms with Gasteiger partial charge in [-0.15, -0.1) is 0 Å². The van der Waals surface area contributed by atoms with E-state index in [4.69, 9.17) is 10.7 Å². The van der Waals surface area contributed by atoms with Crippen molar-refractivity contribution in [2.24, 2.45) is 5.73 Å². The van der Waals surface area contributed by atoms with E-state index >= 15 is 0 Å². The molecule has 0 saturated carbocycles. The topological polar surface area (TPSA) is 142 Å². The number of aryl methyl sites for hydroxylation is 1. The molecule has 4 aromatic rings. The summed E-state index contributed by atoms with van der Waals surface area (Å²) in [6.45, 7) is 0.123. The third-order valence-corrected chi connectivity index (χ3v) is 7.07. The van der Waals surface area contributed by atoms with Gasteiger partial charge in [-0.2, -0.15) is 36.4 Å². The van der Waals surface area contributed by atoms with E-state index in [0.717, 1.165) is 43.0 Å². The van der Waals surface area contributed by atoms with Crippen molar-refractivity contribution in [3.8, 4) is 11.7 Å². The first-order chi connectivity index (χ1) is 18.0. The molecular formula is C24H21F3N6O4S. The van der Waals surface area contributed by atoms with Gasteiger partial charge >= 0.3 is 15.6 Å². The van der Waals surface area contributed by atoms with Crippen molar-refractivity contribution in [3.05, 3.63) is 71.0 Å². The zero-order valence-electron chi connectivity index (χ0n) is 19.7. The molecule has 10 nitrogen and oxygen atoms in total. The minimum absolute atomic E-state index is 0.123. The molecule has 14 heteroatoms. The van der Waals surface area contributed by atoms with Gasteiger partial charge in [-0.3, -0.25) is 4.79 Å². The molecule has 5 rings (SSSR count). The van der Waals surface area contributed by atoms with Gasteiger partial charge in [0.15, 0.2) is 0 Å². The Hall–Kier alpha value is -4.20. The summed E-state index contributed by atoms with van der Waals surface area (Å²) >= 11 is 0. The van der Waals surface area contributed by atoms with Crippen LogP contribution in [0.1, 0.15) is 40.0 Å². The molecule has 38 heavy (non-hydrogen) atoms. The zero-order chi connectivity index (χ0) is 27.1. The summed E-state index contributed by atoms with van der Waals surface area (Å²) in [5, 5.41) is 8.13. The van der Waals surface area contributed by atoms with Gasteiger partial charge in [0.05, 0.1) is 23.0 Å². The second-order valence-corrected chi connectivity index (χ2v) is 10.2. The van der Waals surface area contributed by atoms with E-state index in [9.17, 15) is 26.4 Å². The number of nitrogens with zero attached hydrogens (tertiary/aromatic N) is 4. The number of hydrogen-bond acceptors (Lipinski definition) is 8. The third-order valence-electron chi connectivity index (χ3n) is 6.09. The van der Waals surface area contributed by atoms with Crippen molar-refractivity contribution in [2.75, 3.05) is 5.32 Å². The van der Waals surface area contributed by atoms with E-state index in [1.54, 1.807) is 24.3 Å². The number of amides is 1. The number of nitrogens with two attached hydrogens (primary N) is 1. The van der Waals surface area contributed by atoms with Crippen molar-refractivity contribution in [3.63, 3.8) is 0 Å². The van der Waals surface area contributed by atoms with E-state index in [-0.39, 0.29) is 12.5 Å². The van der Waals surface area contributed by atoms with Crippen LogP contribution in [0.4, 0.5) is 19.0 Å². The largest absolute Gasteiger partial charge is 0.534 e. The highest BCUT2D eigenvalue weighted by Gasteiger charge is 2.48. The van der Waals surface area contributed by atoms with Gasteiger partial charge in [-0.1, -0.05) is 18.2 Å². The predicted octanol–water partition coefficient (Wildman–Crippen LogP) is 3.63. The van der Waals surface area contributed by atoms with Crippen molar-refractivity contribution in [1.29, 1.82) is 0 Å². The van der Waals surface area contributed by atoms with Gasteiger partial charge < -0.3 is 15.2 Å². The maximum absolute atomic E-state index is 12.7. The predicted molar refractivity (Wildman–Crippen MR) is 131 cm³/mol. The van der Waals surface area contributed by atoms with E-state index in [0.29, 0.717) is 27.8 Å². The Labute approximate surface area is 214 Å². The van der Waals surface area contributed by atoms with E-state index < -0.39 is 27.3 Å². The van der Waals surface area contributed by atoms with E-state index in [1.807, 2.05) is 0 Å². The summed E-state index contributed by atoms with van der Waals surface area (Å²) in [4.78, 5) is 21.2. The number of halogens is 3. The average Bonchev–Trinajstić information content (AvgIpc) is 3.30. The number of carbonyl (C=O) groups excluding carboxylic acids is 1. The maximum Gasteiger partial charge on any atom is 0.534 e. The molecule has 0 radical (unpaired) electrons. The SMILES string of the molecule is NC(=O)c1cccc2c1cnn2-c1nc2c(c(NCc3cccc(OS(=O)(=O)C(F)(F)F)c3)n1)CCCC2. The van der Waals surface area contributed by atoms with Crippen molar-refractivity contribution < 1.29 is 30.6 Å². The fraction of sp³-hybridized carbons (Fsp3) is 0.250. The van der Waals surface area contributed by atoms with Gasteiger partial charge in [-0.25, -0.2) is 4.98 Å². The molecule has 1 aliphatic carbocycles. The van der Waals surface area contributed by atoms with Crippen molar-refractivity contribution in [1.82, 2.24) is 19.7 Å². The number of rotatable bonds is 7. The summed E-state index contributed by atoms with van der Waals surface area (Å²) in [5.74, 6) is -0.245. The highest BCUT2D eigenvalue weighted by molar-refractivity contribution is 7.88. The van der Waals surface area contributed by atoms with Crippen LogP contribution in [-0.4, -0.2) is 39.6 Å². The molecule has 2 aromatic carbocycles. The molecule has 0 saturated heterocycles. The molecular weight excluding hydrogens is 525 g/mol. The second kappa shape index (κ2) is 9.59. The highest BCUT2D eigenvalue weighted by atomic mass is 32.2. The second-order valence-electron chi connectivity index (χ2n) is 8.65. The first kappa shape index (κ1) is 25.4. The summed E-state index contributed by atoms with van der Waals surface area (Å²) in [5.41, 5.74) is 3.10. The number of hydrogen-bond donors (Lipinski definition) is 2. The molecule has 1 amide bonds. The molecule has 198 valence electrons. The standard InChI is InChI=1S/C24H21F3N6O4S/c25-24(26,27)38(35,36)37-15-6-3-5-14(11-15)12-29-22-17-7-1-2-9-19(17)31-23(32-22)33-20-10-4-8-16(21(28)34)18(20)13-30-33/h3-6,8,10-11,13H,1-2,7,9,12H2,(H2,28,34)(H,29,31,32). The molecule has 1 aliphatic rings. The Kier molecular flexibility index (Phi) is 6.42. The number of aromatic nitrogens is 4. The Morgan fingerprint density at radius 1 is 1.11 bits per heavy atom. The summed E-state index contributed by atoms with van der Waals surface area (Å²) in [6, 6.07) is 10.4. The molecule has 0 aliphatic heterocycles. The molecule has 3 N–H and O–H groups in total. The monoisotopic (exact) mass is 546 g/mol. The summed E-state index contributed by atoms with van der Waals surface area (Å²) < 4.78 is 66.5. The van der Waals surface area contributed by atoms with Gasteiger partial charge in [0.2, 0.25) is 5.91 Å². The molecule has 2 heterocycles. The lowest BCUT2D eigenvalue weighted by atomic mass is 9.96. The fourth-order valence-corrected chi connectivity index (χ4v) is 4.77. The van der Waals surface area contributed by atoms with E-state index in [1.165, 1.54) is 23.0 Å². The first-order valence-electron chi connectivity index (χ1n) is 11.5. The van der Waals surface area contributed by atoms with Crippen LogP contribution in [0.2, 0.25) is 0 Å². The van der Waals surface area contributed by atoms with Gasteiger partial charge in [-0.05, 0) is 55.5 Å². The highest BCUT2D eigenvalue weighted by Crippen LogP contribution is 2.30. The molecule has 0 fully saturated rings. The van der Waals surface area contributed by atoms with Crippen LogP contribution in [0, 0.1) is 0 Å². The van der Waals surface area contributed by atoms with Crippen molar-refractivity contribution >= 4 is 32.7 Å². The number of carbonyl (C=O) groups is 1. The maximum atomic E-state index is 12.7. The average molecular weight is 547 g/mol. The fourth-order valence-electron chi connectivity index (χ4n) is 4.31. The quantitative estimate of drug-likeness (QED) is 0.264. The molecule has 0 atom stereocenters. The van der Waals surface area contributed by atoms with E-state index in [2.05, 4.69) is 19.6 Å². The smallest absolute Gasteiger partial charge is 0.376 e. The lowest BCUT2D eigenvalue weighted by molar-refractivity contribution is -0.0500. The number of anilines is 1. The lowest BCUT2D eigenvalue weighted by Crippen LogP contribution is -2.28. The Morgan fingerprint density at radius 3 is 2.63 bits per heavy atom. The minimum Gasteiger partial charge on any atom is -0.376 e. The van der Waals surface area contributed by atoms with Crippen molar-refractivity contribution in [2.45, 2.75) is 37.7 Å². The summed E-state index contributed by atoms with van der Waals surface area (Å²) in [6.07, 6.45) is 4.86. The molecule has 0 unspecified atom stereocenters. The van der Waals surface area contributed by atoms with Crippen LogP contribution in [0.15, 0.2) is 48.7 Å². The number of primary amides is 1. The Morgan fingerprint density at radius 2 is 1.87 bits per heavy atom. The number of benzene rings is 2. The third kappa shape index (κ3) is 4.86. The van der Waals surface area contributed by atoms with Crippen LogP contribution >= 0.6 is 0 Å². The normalized spacial score (nSPS) is 13.8. The molecule has 2 aromatic heterocycles. The van der Waals surface area contributed by atoms with Crippen LogP contribution in [0.25, 0.3) is 16.9 Å². The zero-order valence-corrected chi connectivity index (χ0v) is 20.5. The number of nitrogens with one attached hydrogen (secondary N) is 1. The molecule has 0 bridgehead atoms. The van der Waals surface area contributed by atoms with Gasteiger partial charge in [0.1, 0.15) is 11.6 Å².